The van der Waals surface area contributed by atoms with Gasteiger partial charge in [-0.2, -0.15) is 0 Å². The number of carbonyl (C=O) groups excluding carboxylic acids is 3. The van der Waals surface area contributed by atoms with Crippen LogP contribution in [-0.2, 0) is 28.6 Å². The minimum absolute atomic E-state index is 0.111. The fourth-order valence-electron chi connectivity index (χ4n) is 8.07. The quantitative estimate of drug-likeness (QED) is 0.0261. The second kappa shape index (κ2) is 65.3. The number of esters is 3. The molecule has 0 aliphatic rings. The van der Waals surface area contributed by atoms with Gasteiger partial charge in [0.2, 0.25) is 0 Å². The molecule has 0 radical (unpaired) electrons. The molecule has 0 rings (SSSR count). The van der Waals surface area contributed by atoms with E-state index in [1.807, 2.05) is 0 Å². The lowest BCUT2D eigenvalue weighted by Crippen LogP contribution is -2.30. The summed E-state index contributed by atoms with van der Waals surface area (Å²) in [5, 5.41) is 0. The van der Waals surface area contributed by atoms with Gasteiger partial charge in [0.25, 0.3) is 0 Å². The van der Waals surface area contributed by atoms with E-state index in [4.69, 9.17) is 14.2 Å². The van der Waals surface area contributed by atoms with E-state index in [1.165, 1.54) is 38.5 Å². The molecule has 0 aromatic heterocycles. The Balaban J connectivity index is 4.48. The summed E-state index contributed by atoms with van der Waals surface area (Å²) in [7, 11) is 0. The van der Waals surface area contributed by atoms with E-state index < -0.39 is 6.10 Å². The number of hydrogen-bond donors (Lipinski definition) is 0. The van der Waals surface area contributed by atoms with Crippen LogP contribution < -0.4 is 0 Å². The molecule has 0 aliphatic heterocycles. The Hall–Kier alpha value is -5.23. The normalized spacial score (nSPS) is 13.3. The number of allylic oxidation sites excluding steroid dienone is 28. The molecule has 0 N–H and O–H groups in total. The van der Waals surface area contributed by atoms with Crippen LogP contribution in [0.2, 0.25) is 0 Å². The summed E-state index contributed by atoms with van der Waals surface area (Å²) >= 11 is 0. The molecular formula is C73H114O6. The van der Waals surface area contributed by atoms with Crippen molar-refractivity contribution < 1.29 is 28.6 Å². The minimum Gasteiger partial charge on any atom is -0.462 e. The number of ether oxygens (including phenoxy) is 3. The van der Waals surface area contributed by atoms with E-state index in [0.29, 0.717) is 19.3 Å². The lowest BCUT2D eigenvalue weighted by Gasteiger charge is -2.18. The maximum absolute atomic E-state index is 12.9. The van der Waals surface area contributed by atoms with E-state index >= 15 is 0 Å². The molecule has 6 nitrogen and oxygen atoms in total. The van der Waals surface area contributed by atoms with Crippen molar-refractivity contribution in [2.24, 2.45) is 0 Å². The predicted molar refractivity (Wildman–Crippen MR) is 343 cm³/mol. The first-order chi connectivity index (χ1) is 39.0. The highest BCUT2D eigenvalue weighted by Crippen LogP contribution is 2.14. The maximum Gasteiger partial charge on any atom is 0.306 e. The molecule has 0 amide bonds. The van der Waals surface area contributed by atoms with Crippen LogP contribution in [0, 0.1) is 0 Å². The van der Waals surface area contributed by atoms with E-state index in [1.54, 1.807) is 0 Å². The summed E-state index contributed by atoms with van der Waals surface area (Å²) in [6.07, 6.45) is 96.4. The second-order valence-corrected chi connectivity index (χ2v) is 20.2. The van der Waals surface area contributed by atoms with Crippen LogP contribution in [0.1, 0.15) is 252 Å². The molecule has 6 heteroatoms. The van der Waals surface area contributed by atoms with Crippen molar-refractivity contribution in [3.8, 4) is 0 Å². The van der Waals surface area contributed by atoms with Gasteiger partial charge in [-0.25, -0.2) is 0 Å². The Bertz CT molecular complexity index is 1820. The van der Waals surface area contributed by atoms with Gasteiger partial charge >= 0.3 is 17.9 Å². The van der Waals surface area contributed by atoms with Crippen LogP contribution in [0.4, 0.5) is 0 Å². The SMILES string of the molecule is CC/C=C\C/C=C\C/C=C\C/C=C\C/C=C\CCCCCCCCCCCC(=O)OCC(COC(=O)CCCC/C=C\C/C=C\C/C=C\C/C=C\CC)OC(=O)CCCCCCC/C=C\C/C=C\C/C=C\C/C=C\C/C=C\CC. The fourth-order valence-corrected chi connectivity index (χ4v) is 8.07. The molecule has 0 saturated heterocycles. The molecule has 0 bridgehead atoms. The Kier molecular flexibility index (Phi) is 61.0. The summed E-state index contributed by atoms with van der Waals surface area (Å²) in [5.41, 5.74) is 0. The van der Waals surface area contributed by atoms with Crippen LogP contribution >= 0.6 is 0 Å². The molecule has 0 spiro atoms. The Labute approximate surface area is 485 Å². The topological polar surface area (TPSA) is 78.9 Å². The maximum atomic E-state index is 12.9. The molecule has 1 atom stereocenters. The molecule has 0 fully saturated rings. The van der Waals surface area contributed by atoms with Crippen LogP contribution in [0.3, 0.4) is 0 Å². The van der Waals surface area contributed by atoms with Gasteiger partial charge in [0.15, 0.2) is 6.10 Å². The smallest absolute Gasteiger partial charge is 0.306 e. The number of carbonyl (C=O) groups is 3. The third kappa shape index (κ3) is 63.5. The van der Waals surface area contributed by atoms with Gasteiger partial charge in [-0.15, -0.1) is 0 Å². The zero-order valence-electron chi connectivity index (χ0n) is 50.6. The van der Waals surface area contributed by atoms with Crippen LogP contribution in [0.15, 0.2) is 170 Å². The van der Waals surface area contributed by atoms with Crippen LogP contribution in [-0.4, -0.2) is 37.2 Å². The molecule has 1 unspecified atom stereocenters. The van der Waals surface area contributed by atoms with E-state index in [-0.39, 0.29) is 37.5 Å². The van der Waals surface area contributed by atoms with Crippen LogP contribution in [0.25, 0.3) is 0 Å². The second-order valence-electron chi connectivity index (χ2n) is 20.2. The highest BCUT2D eigenvalue weighted by atomic mass is 16.6. The summed E-state index contributed by atoms with van der Waals surface area (Å²) in [5.74, 6) is -0.983. The van der Waals surface area contributed by atoms with Gasteiger partial charge < -0.3 is 14.2 Å². The third-order valence-corrected chi connectivity index (χ3v) is 12.7. The van der Waals surface area contributed by atoms with Crippen molar-refractivity contribution in [2.75, 3.05) is 13.2 Å². The Morgan fingerprint density at radius 3 is 0.734 bits per heavy atom. The first-order valence-corrected chi connectivity index (χ1v) is 31.6. The molecule has 0 heterocycles. The highest BCUT2D eigenvalue weighted by molar-refractivity contribution is 5.71. The molecule has 442 valence electrons. The third-order valence-electron chi connectivity index (χ3n) is 12.7. The van der Waals surface area contributed by atoms with Crippen molar-refractivity contribution >= 4 is 17.9 Å². The monoisotopic (exact) mass is 1090 g/mol. The van der Waals surface area contributed by atoms with Crippen molar-refractivity contribution in [3.05, 3.63) is 170 Å². The molecule has 0 aromatic carbocycles. The lowest BCUT2D eigenvalue weighted by atomic mass is 10.1. The van der Waals surface area contributed by atoms with Gasteiger partial charge in [-0.05, 0) is 148 Å². The largest absolute Gasteiger partial charge is 0.462 e. The van der Waals surface area contributed by atoms with Gasteiger partial charge in [-0.1, -0.05) is 255 Å². The summed E-state index contributed by atoms with van der Waals surface area (Å²) in [6.45, 7) is 6.23. The molecular weight excluding hydrogens is 973 g/mol. The van der Waals surface area contributed by atoms with Gasteiger partial charge in [-0.3, -0.25) is 14.4 Å². The van der Waals surface area contributed by atoms with Gasteiger partial charge in [0.1, 0.15) is 13.2 Å². The molecule has 0 aromatic rings. The number of rotatable bonds is 55. The van der Waals surface area contributed by atoms with Gasteiger partial charge in [0, 0.05) is 19.3 Å². The Morgan fingerprint density at radius 2 is 0.456 bits per heavy atom. The predicted octanol–water partition coefficient (Wildman–Crippen LogP) is 21.9. The summed E-state index contributed by atoms with van der Waals surface area (Å²) < 4.78 is 16.9. The first kappa shape index (κ1) is 73.8. The number of hydrogen-bond acceptors (Lipinski definition) is 6. The summed E-state index contributed by atoms with van der Waals surface area (Å²) in [6, 6.07) is 0. The zero-order valence-corrected chi connectivity index (χ0v) is 50.6. The van der Waals surface area contributed by atoms with E-state index in [2.05, 4.69) is 191 Å². The van der Waals surface area contributed by atoms with E-state index in [0.717, 1.165) is 167 Å². The van der Waals surface area contributed by atoms with Crippen molar-refractivity contribution in [3.63, 3.8) is 0 Å². The highest BCUT2D eigenvalue weighted by Gasteiger charge is 2.19. The standard InChI is InChI=1S/C73H114O6/c1-4-7-10-13-16-19-22-25-28-30-32-34-35-36-37-39-40-42-45-48-51-54-57-60-63-66-72(75)78-69-70(68-77-71(74)65-62-59-56-53-50-47-44-27-24-21-18-15-12-9-6-3)79-73(76)67-64-61-58-55-52-49-46-43-41-38-33-31-29-26-23-20-17-14-11-8-5-2/h7-12,16-21,25-29,32-34,36-38,43-44,46,50,53,70H,4-6,13-15,22-24,30-31,35,39-42,45,47-49,51-52,54-69H2,1-3H3/b10-7-,11-8-,12-9-,19-16-,20-17-,21-18-,28-25-,29-26-,34-32-,37-36-,38-33-,44-27-,46-43-,53-50-. The lowest BCUT2D eigenvalue weighted by molar-refractivity contribution is -0.167. The average Bonchev–Trinajstić information content (AvgIpc) is 3.45. The van der Waals surface area contributed by atoms with Crippen LogP contribution in [0.5, 0.6) is 0 Å². The minimum atomic E-state index is -0.819. The first-order valence-electron chi connectivity index (χ1n) is 31.6. The molecule has 79 heavy (non-hydrogen) atoms. The van der Waals surface area contributed by atoms with Gasteiger partial charge in [0.05, 0.1) is 0 Å². The van der Waals surface area contributed by atoms with Crippen molar-refractivity contribution in [1.29, 1.82) is 0 Å². The van der Waals surface area contributed by atoms with Crippen molar-refractivity contribution in [2.45, 2.75) is 258 Å². The zero-order chi connectivity index (χ0) is 57.1. The van der Waals surface area contributed by atoms with Crippen molar-refractivity contribution in [1.82, 2.24) is 0 Å². The Morgan fingerprint density at radius 1 is 0.253 bits per heavy atom. The summed E-state index contributed by atoms with van der Waals surface area (Å²) in [4.78, 5) is 38.3. The average molecular weight is 1090 g/mol. The van der Waals surface area contributed by atoms with E-state index in [9.17, 15) is 14.4 Å². The number of unbranched alkanes of at least 4 members (excludes halogenated alkanes) is 16. The fraction of sp³-hybridized carbons (Fsp3) is 0.575. The molecule has 0 saturated carbocycles. The molecule has 0 aliphatic carbocycles.